The van der Waals surface area contributed by atoms with Gasteiger partial charge in [-0.2, -0.15) is 5.10 Å². The second-order valence-corrected chi connectivity index (χ2v) is 5.68. The smallest absolute Gasteiger partial charge is 0.325 e. The third-order valence-corrected chi connectivity index (χ3v) is 3.93. The summed E-state index contributed by atoms with van der Waals surface area (Å²) in [7, 11) is 0. The topological polar surface area (TPSA) is 91.6 Å². The summed E-state index contributed by atoms with van der Waals surface area (Å²) in [5.41, 5.74) is 1.30. The van der Waals surface area contributed by atoms with Crippen LogP contribution in [0.3, 0.4) is 0 Å². The second-order valence-electron chi connectivity index (χ2n) is 5.68. The lowest BCUT2D eigenvalue weighted by molar-refractivity contribution is -0.137. The molecule has 126 valence electrons. The Labute approximate surface area is 139 Å². The number of carboxylic acid groups (broad SMARTS) is 1. The Morgan fingerprint density at radius 3 is 2.58 bits per heavy atom. The molecule has 8 nitrogen and oxygen atoms in total. The minimum atomic E-state index is -0.986. The van der Waals surface area contributed by atoms with Gasteiger partial charge in [-0.25, -0.2) is 0 Å². The van der Waals surface area contributed by atoms with E-state index in [1.807, 2.05) is 18.2 Å². The summed E-state index contributed by atoms with van der Waals surface area (Å²) in [4.78, 5) is 31.4. The van der Waals surface area contributed by atoms with Crippen molar-refractivity contribution >= 4 is 11.9 Å². The Morgan fingerprint density at radius 2 is 1.92 bits per heavy atom. The first kappa shape index (κ1) is 16.1. The number of piperazine rings is 1. The van der Waals surface area contributed by atoms with Gasteiger partial charge in [0.05, 0.1) is 5.69 Å². The number of carbonyl (C=O) groups excluding carboxylic acids is 1. The zero-order chi connectivity index (χ0) is 16.9. The molecule has 1 aliphatic heterocycles. The van der Waals surface area contributed by atoms with Crippen molar-refractivity contribution in [1.82, 2.24) is 24.6 Å². The number of aromatic nitrogens is 3. The van der Waals surface area contributed by atoms with Crippen molar-refractivity contribution in [3.8, 4) is 0 Å². The Hall–Kier alpha value is -2.74. The molecule has 0 radical (unpaired) electrons. The fraction of sp³-hybridized carbons (Fsp3) is 0.375. The van der Waals surface area contributed by atoms with Crippen molar-refractivity contribution in [2.24, 2.45) is 0 Å². The average Bonchev–Trinajstić information content (AvgIpc) is 3.03. The fourth-order valence-corrected chi connectivity index (χ4v) is 2.69. The molecule has 2 aromatic heterocycles. The van der Waals surface area contributed by atoms with Crippen LogP contribution in [-0.2, 0) is 17.9 Å². The van der Waals surface area contributed by atoms with Crippen LogP contribution in [0.2, 0.25) is 0 Å². The first-order chi connectivity index (χ1) is 11.6. The van der Waals surface area contributed by atoms with Gasteiger partial charge in [0.15, 0.2) is 0 Å². The number of amides is 1. The monoisotopic (exact) mass is 329 g/mol. The molecule has 0 aromatic carbocycles. The van der Waals surface area contributed by atoms with Crippen molar-refractivity contribution in [1.29, 1.82) is 0 Å². The molecule has 0 aliphatic carbocycles. The van der Waals surface area contributed by atoms with Crippen LogP contribution in [0.4, 0.5) is 0 Å². The highest BCUT2D eigenvalue weighted by Gasteiger charge is 2.24. The predicted octanol–water partition coefficient (Wildman–Crippen LogP) is 0.321. The molecule has 1 aliphatic rings. The summed E-state index contributed by atoms with van der Waals surface area (Å²) >= 11 is 0. The zero-order valence-electron chi connectivity index (χ0n) is 13.2. The molecule has 0 unspecified atom stereocenters. The second kappa shape index (κ2) is 7.22. The molecule has 3 heterocycles. The molecule has 8 heteroatoms. The Kier molecular flexibility index (Phi) is 4.85. The summed E-state index contributed by atoms with van der Waals surface area (Å²) in [6.07, 6.45) is 3.29. The molecule has 1 saturated heterocycles. The minimum Gasteiger partial charge on any atom is -0.480 e. The third kappa shape index (κ3) is 3.96. The van der Waals surface area contributed by atoms with Gasteiger partial charge in [0.2, 0.25) is 0 Å². The maximum Gasteiger partial charge on any atom is 0.325 e. The lowest BCUT2D eigenvalue weighted by atomic mass is 10.2. The quantitative estimate of drug-likeness (QED) is 0.849. The Bertz CT molecular complexity index is 708. The molecule has 2 aromatic rings. The summed E-state index contributed by atoms with van der Waals surface area (Å²) in [6.45, 7) is 3.33. The van der Waals surface area contributed by atoms with Crippen LogP contribution in [0, 0.1) is 0 Å². The van der Waals surface area contributed by atoms with Crippen LogP contribution in [0.25, 0.3) is 0 Å². The van der Waals surface area contributed by atoms with E-state index in [2.05, 4.69) is 15.0 Å². The van der Waals surface area contributed by atoms with E-state index >= 15 is 0 Å². The highest BCUT2D eigenvalue weighted by atomic mass is 16.4. The number of rotatable bonds is 5. The molecule has 0 saturated carbocycles. The van der Waals surface area contributed by atoms with Gasteiger partial charge in [-0.05, 0) is 18.2 Å². The number of hydrogen-bond acceptors (Lipinski definition) is 5. The van der Waals surface area contributed by atoms with Crippen molar-refractivity contribution < 1.29 is 14.7 Å². The lowest BCUT2D eigenvalue weighted by Gasteiger charge is -2.34. The number of aliphatic carboxylic acids is 1. The molecule has 1 amide bonds. The van der Waals surface area contributed by atoms with E-state index in [0.717, 1.165) is 25.3 Å². The third-order valence-electron chi connectivity index (χ3n) is 3.93. The van der Waals surface area contributed by atoms with Gasteiger partial charge in [-0.1, -0.05) is 6.07 Å². The van der Waals surface area contributed by atoms with E-state index in [9.17, 15) is 9.59 Å². The largest absolute Gasteiger partial charge is 0.480 e. The van der Waals surface area contributed by atoms with Gasteiger partial charge in [0, 0.05) is 45.1 Å². The maximum absolute atomic E-state index is 12.4. The fourth-order valence-electron chi connectivity index (χ4n) is 2.69. The standard InChI is InChI=1S/C16H19N5O3/c22-15(23)12-21-6-4-14(18-21)16(24)20-9-7-19(8-10-20)11-13-3-1-2-5-17-13/h1-6H,7-12H2,(H,22,23). The highest BCUT2D eigenvalue weighted by molar-refractivity contribution is 5.92. The normalized spacial score (nSPS) is 15.4. The van der Waals surface area contributed by atoms with Crippen LogP contribution in [0.15, 0.2) is 36.7 Å². The Balaban J connectivity index is 1.53. The number of hydrogen-bond donors (Lipinski definition) is 1. The molecular formula is C16H19N5O3. The first-order valence-electron chi connectivity index (χ1n) is 7.78. The maximum atomic E-state index is 12.4. The van der Waals surface area contributed by atoms with Gasteiger partial charge < -0.3 is 10.0 Å². The van der Waals surface area contributed by atoms with Gasteiger partial charge in [0.25, 0.3) is 5.91 Å². The van der Waals surface area contributed by atoms with E-state index in [1.165, 1.54) is 10.9 Å². The van der Waals surface area contributed by atoms with Crippen molar-refractivity contribution in [2.75, 3.05) is 26.2 Å². The summed E-state index contributed by atoms with van der Waals surface area (Å²) in [5, 5.41) is 12.8. The molecule has 24 heavy (non-hydrogen) atoms. The first-order valence-corrected chi connectivity index (χ1v) is 7.78. The Morgan fingerprint density at radius 1 is 1.12 bits per heavy atom. The lowest BCUT2D eigenvalue weighted by Crippen LogP contribution is -2.48. The van der Waals surface area contributed by atoms with Crippen LogP contribution >= 0.6 is 0 Å². The molecule has 0 bridgehead atoms. The molecule has 0 spiro atoms. The zero-order valence-corrected chi connectivity index (χ0v) is 13.2. The van der Waals surface area contributed by atoms with Crippen molar-refractivity contribution in [2.45, 2.75) is 13.1 Å². The molecule has 1 N–H and O–H groups in total. The van der Waals surface area contributed by atoms with Crippen LogP contribution in [0.5, 0.6) is 0 Å². The SMILES string of the molecule is O=C(O)Cn1ccc(C(=O)N2CCN(Cc3ccccn3)CC2)n1. The van der Waals surface area contributed by atoms with Crippen molar-refractivity contribution in [3.05, 3.63) is 48.0 Å². The van der Waals surface area contributed by atoms with E-state index in [0.29, 0.717) is 13.1 Å². The van der Waals surface area contributed by atoms with Crippen LogP contribution in [-0.4, -0.2) is 67.7 Å². The molecule has 3 rings (SSSR count). The average molecular weight is 329 g/mol. The van der Waals surface area contributed by atoms with E-state index in [4.69, 9.17) is 5.11 Å². The van der Waals surface area contributed by atoms with Gasteiger partial charge in [-0.3, -0.25) is 24.2 Å². The van der Waals surface area contributed by atoms with Gasteiger partial charge >= 0.3 is 5.97 Å². The van der Waals surface area contributed by atoms with Gasteiger partial charge in [0.1, 0.15) is 12.2 Å². The number of carbonyl (C=O) groups is 2. The van der Waals surface area contributed by atoms with E-state index in [-0.39, 0.29) is 18.1 Å². The van der Waals surface area contributed by atoms with Crippen molar-refractivity contribution in [3.63, 3.8) is 0 Å². The highest BCUT2D eigenvalue weighted by Crippen LogP contribution is 2.10. The predicted molar refractivity (Wildman–Crippen MR) is 85.3 cm³/mol. The van der Waals surface area contributed by atoms with E-state index < -0.39 is 5.97 Å². The van der Waals surface area contributed by atoms with Crippen LogP contribution in [0.1, 0.15) is 16.2 Å². The van der Waals surface area contributed by atoms with Crippen LogP contribution < -0.4 is 0 Å². The van der Waals surface area contributed by atoms with E-state index in [1.54, 1.807) is 17.2 Å². The number of carboxylic acids is 1. The summed E-state index contributed by atoms with van der Waals surface area (Å²) in [5.74, 6) is -1.14. The molecular weight excluding hydrogens is 310 g/mol. The molecule has 0 atom stereocenters. The molecule has 1 fully saturated rings. The summed E-state index contributed by atoms with van der Waals surface area (Å²) < 4.78 is 1.26. The number of pyridine rings is 1. The van der Waals surface area contributed by atoms with Gasteiger partial charge in [-0.15, -0.1) is 0 Å². The summed E-state index contributed by atoms with van der Waals surface area (Å²) in [6, 6.07) is 7.41. The number of nitrogens with zero attached hydrogens (tertiary/aromatic N) is 5. The minimum absolute atomic E-state index is 0.156.